The van der Waals surface area contributed by atoms with Crippen LogP contribution in [0.25, 0.3) is 21.8 Å². The van der Waals surface area contributed by atoms with Crippen LogP contribution in [0.15, 0.2) is 60.9 Å². The minimum absolute atomic E-state index is 0.287. The first-order chi connectivity index (χ1) is 13.2. The molecule has 4 N–H and O–H groups in total. The Kier molecular flexibility index (Phi) is 3.74. The van der Waals surface area contributed by atoms with Gasteiger partial charge in [0, 0.05) is 40.6 Å². The molecule has 0 spiro atoms. The van der Waals surface area contributed by atoms with Gasteiger partial charge in [-0.15, -0.1) is 0 Å². The van der Waals surface area contributed by atoms with Crippen molar-refractivity contribution in [1.82, 2.24) is 20.3 Å². The lowest BCUT2D eigenvalue weighted by Gasteiger charge is -2.16. The van der Waals surface area contributed by atoms with Gasteiger partial charge in [0.05, 0.1) is 6.04 Å². The van der Waals surface area contributed by atoms with E-state index in [1.165, 1.54) is 0 Å². The Morgan fingerprint density at radius 2 is 1.41 bits per heavy atom. The molecule has 0 unspecified atom stereocenters. The Morgan fingerprint density at radius 1 is 0.852 bits per heavy atom. The summed E-state index contributed by atoms with van der Waals surface area (Å²) in [5, 5.41) is 16.7. The number of fused-ring (bicyclic) bond motifs is 2. The molecular formula is C21H20N4O2. The SMILES string of the molecule is O=C1[C@H](Cc2c[nH]c3ccccc23)N[C@@H](Cc2c[nH]c3ccccc23)N1O. The first kappa shape index (κ1) is 16.1. The van der Waals surface area contributed by atoms with E-state index in [-0.39, 0.29) is 5.91 Å². The van der Waals surface area contributed by atoms with Crippen molar-refractivity contribution in [2.75, 3.05) is 0 Å². The predicted molar refractivity (Wildman–Crippen MR) is 103 cm³/mol. The highest BCUT2D eigenvalue weighted by Crippen LogP contribution is 2.24. The predicted octanol–water partition coefficient (Wildman–Crippen LogP) is 2.95. The topological polar surface area (TPSA) is 84.2 Å². The zero-order valence-electron chi connectivity index (χ0n) is 14.6. The molecule has 1 aliphatic heterocycles. The van der Waals surface area contributed by atoms with Crippen LogP contribution in [0.3, 0.4) is 0 Å². The number of aromatic nitrogens is 2. The molecule has 4 aromatic rings. The fourth-order valence-electron chi connectivity index (χ4n) is 4.01. The van der Waals surface area contributed by atoms with Crippen molar-refractivity contribution < 1.29 is 10.0 Å². The van der Waals surface area contributed by atoms with E-state index in [4.69, 9.17) is 0 Å². The molecule has 1 amide bonds. The van der Waals surface area contributed by atoms with Crippen molar-refractivity contribution >= 4 is 27.7 Å². The maximum absolute atomic E-state index is 12.6. The van der Waals surface area contributed by atoms with Gasteiger partial charge >= 0.3 is 0 Å². The van der Waals surface area contributed by atoms with Crippen LogP contribution in [0.5, 0.6) is 0 Å². The zero-order chi connectivity index (χ0) is 18.4. The van der Waals surface area contributed by atoms with Gasteiger partial charge in [-0.05, 0) is 29.7 Å². The number of benzene rings is 2. The zero-order valence-corrected chi connectivity index (χ0v) is 14.6. The number of amides is 1. The number of hydroxylamine groups is 2. The van der Waals surface area contributed by atoms with E-state index >= 15 is 0 Å². The second kappa shape index (κ2) is 6.26. The summed E-state index contributed by atoms with van der Waals surface area (Å²) in [6.45, 7) is 0. The first-order valence-electron chi connectivity index (χ1n) is 9.08. The van der Waals surface area contributed by atoms with Crippen LogP contribution in [0.4, 0.5) is 0 Å². The highest BCUT2D eigenvalue weighted by molar-refractivity contribution is 5.87. The molecule has 0 aliphatic carbocycles. The Bertz CT molecular complexity index is 1130. The van der Waals surface area contributed by atoms with Crippen LogP contribution in [-0.2, 0) is 17.6 Å². The summed E-state index contributed by atoms with van der Waals surface area (Å²) in [7, 11) is 0. The van der Waals surface area contributed by atoms with Gasteiger partial charge in [-0.2, -0.15) is 0 Å². The monoisotopic (exact) mass is 360 g/mol. The molecule has 1 aliphatic rings. The molecule has 1 fully saturated rings. The van der Waals surface area contributed by atoms with E-state index in [1.807, 2.05) is 60.9 Å². The molecule has 5 rings (SSSR count). The average Bonchev–Trinajstić information content (AvgIpc) is 3.36. The normalized spacial score (nSPS) is 20.2. The molecule has 2 aromatic carbocycles. The highest BCUT2D eigenvalue weighted by Gasteiger charge is 2.38. The summed E-state index contributed by atoms with van der Waals surface area (Å²) in [5.74, 6) is -0.287. The van der Waals surface area contributed by atoms with Gasteiger partial charge in [0.25, 0.3) is 5.91 Å². The van der Waals surface area contributed by atoms with Crippen LogP contribution < -0.4 is 5.32 Å². The Hall–Kier alpha value is -3.09. The Labute approximate surface area is 155 Å². The summed E-state index contributed by atoms with van der Waals surface area (Å²) in [4.78, 5) is 19.0. The van der Waals surface area contributed by atoms with Crippen LogP contribution in [-0.4, -0.2) is 38.4 Å². The van der Waals surface area contributed by atoms with E-state index < -0.39 is 12.2 Å². The number of hydrogen-bond donors (Lipinski definition) is 4. The summed E-state index contributed by atoms with van der Waals surface area (Å²) >= 11 is 0. The standard InChI is InChI=1S/C21H20N4O2/c26-21-19(9-13-11-22-17-7-3-1-5-15(13)17)24-20(25(21)27)10-14-12-23-18-8-4-2-6-16(14)18/h1-8,11-12,19-20,22-24,27H,9-10H2/t19-,20+/m0/s1. The van der Waals surface area contributed by atoms with Crippen LogP contribution in [0.2, 0.25) is 0 Å². The number of H-pyrrole nitrogens is 2. The lowest BCUT2D eigenvalue weighted by molar-refractivity contribution is -0.166. The summed E-state index contributed by atoms with van der Waals surface area (Å²) in [6, 6.07) is 15.6. The van der Waals surface area contributed by atoms with Crippen molar-refractivity contribution in [2.45, 2.75) is 25.0 Å². The molecule has 6 heteroatoms. The van der Waals surface area contributed by atoms with Gasteiger partial charge < -0.3 is 9.97 Å². The lowest BCUT2D eigenvalue weighted by Crippen LogP contribution is -2.37. The number of nitrogens with zero attached hydrogens (tertiary/aromatic N) is 1. The minimum Gasteiger partial charge on any atom is -0.361 e. The quantitative estimate of drug-likeness (QED) is 0.422. The Balaban J connectivity index is 1.37. The number of para-hydroxylation sites is 2. The first-order valence-corrected chi connectivity index (χ1v) is 9.08. The Morgan fingerprint density at radius 3 is 2.04 bits per heavy atom. The molecule has 136 valence electrons. The van der Waals surface area contributed by atoms with Crippen molar-refractivity contribution in [2.24, 2.45) is 0 Å². The summed E-state index contributed by atoms with van der Waals surface area (Å²) < 4.78 is 0. The van der Waals surface area contributed by atoms with E-state index in [0.29, 0.717) is 12.8 Å². The molecule has 27 heavy (non-hydrogen) atoms. The molecule has 6 nitrogen and oxygen atoms in total. The fraction of sp³-hybridized carbons (Fsp3) is 0.190. The molecule has 0 radical (unpaired) electrons. The number of hydrogen-bond acceptors (Lipinski definition) is 3. The highest BCUT2D eigenvalue weighted by atomic mass is 16.5. The second-order valence-corrected chi connectivity index (χ2v) is 7.05. The van der Waals surface area contributed by atoms with Gasteiger partial charge in [0.15, 0.2) is 0 Å². The number of rotatable bonds is 4. The third-order valence-corrected chi connectivity index (χ3v) is 5.40. The van der Waals surface area contributed by atoms with E-state index in [0.717, 1.165) is 38.0 Å². The van der Waals surface area contributed by atoms with Crippen LogP contribution in [0.1, 0.15) is 11.1 Å². The largest absolute Gasteiger partial charge is 0.361 e. The maximum atomic E-state index is 12.6. The molecular weight excluding hydrogens is 340 g/mol. The fourth-order valence-corrected chi connectivity index (χ4v) is 4.01. The molecule has 2 aromatic heterocycles. The molecule has 2 atom stereocenters. The minimum atomic E-state index is -0.440. The van der Waals surface area contributed by atoms with Crippen LogP contribution in [0, 0.1) is 0 Å². The molecule has 1 saturated heterocycles. The van der Waals surface area contributed by atoms with Gasteiger partial charge in [-0.25, -0.2) is 5.06 Å². The molecule has 0 saturated carbocycles. The number of carbonyl (C=O) groups is 1. The summed E-state index contributed by atoms with van der Waals surface area (Å²) in [6.07, 6.45) is 4.51. The molecule has 0 bridgehead atoms. The third kappa shape index (κ3) is 2.70. The van der Waals surface area contributed by atoms with Crippen molar-refractivity contribution in [3.05, 3.63) is 72.1 Å². The van der Waals surface area contributed by atoms with Crippen LogP contribution >= 0.6 is 0 Å². The lowest BCUT2D eigenvalue weighted by atomic mass is 10.1. The summed E-state index contributed by atoms with van der Waals surface area (Å²) in [5.41, 5.74) is 4.24. The van der Waals surface area contributed by atoms with Crippen molar-refractivity contribution in [3.63, 3.8) is 0 Å². The van der Waals surface area contributed by atoms with E-state index in [1.54, 1.807) is 0 Å². The number of nitrogens with one attached hydrogen (secondary N) is 3. The number of aromatic amines is 2. The van der Waals surface area contributed by atoms with Gasteiger partial charge in [0.2, 0.25) is 0 Å². The van der Waals surface area contributed by atoms with Gasteiger partial charge in [0.1, 0.15) is 6.17 Å². The molecule has 3 heterocycles. The third-order valence-electron chi connectivity index (χ3n) is 5.40. The van der Waals surface area contributed by atoms with Gasteiger partial charge in [-0.3, -0.25) is 15.3 Å². The smallest absolute Gasteiger partial charge is 0.264 e. The van der Waals surface area contributed by atoms with Gasteiger partial charge in [-0.1, -0.05) is 36.4 Å². The second-order valence-electron chi connectivity index (χ2n) is 7.05. The van der Waals surface area contributed by atoms with E-state index in [2.05, 4.69) is 15.3 Å². The van der Waals surface area contributed by atoms with E-state index in [9.17, 15) is 10.0 Å². The average molecular weight is 360 g/mol. The van der Waals surface area contributed by atoms with Crippen molar-refractivity contribution in [3.8, 4) is 0 Å². The number of carbonyl (C=O) groups excluding carboxylic acids is 1. The maximum Gasteiger partial charge on any atom is 0.264 e. The van der Waals surface area contributed by atoms with Crippen molar-refractivity contribution in [1.29, 1.82) is 0 Å².